The number of carbonyl (C=O) groups excluding carboxylic acids is 1. The fourth-order valence-corrected chi connectivity index (χ4v) is 2.64. The number of thiocarbonyl (C=S) groups is 2. The number of hydrogen-bond acceptors (Lipinski definition) is 5. The van der Waals surface area contributed by atoms with E-state index >= 15 is 0 Å². The Hall–Kier alpha value is 0.0600. The molecule has 13 heteroatoms. The maximum absolute atomic E-state index is 12.0. The van der Waals surface area contributed by atoms with Gasteiger partial charge in [-0.1, -0.05) is 50.0 Å². The van der Waals surface area contributed by atoms with Crippen LogP contribution in [0.3, 0.4) is 0 Å². The Morgan fingerprint density at radius 2 is 1.64 bits per heavy atom. The quantitative estimate of drug-likeness (QED) is 0.131. The summed E-state index contributed by atoms with van der Waals surface area (Å²) in [6.45, 7) is 7.11. The number of thioether (sulfide) groups is 1. The molecule has 0 aromatic rings. The second-order valence-corrected chi connectivity index (χ2v) is 8.69. The summed E-state index contributed by atoms with van der Waals surface area (Å²) < 4.78 is 10.2. The number of hydrogen-bond donors (Lipinski definition) is 6. The van der Waals surface area contributed by atoms with E-state index in [1.165, 1.54) is 11.8 Å². The first-order chi connectivity index (χ1) is 11.5. The van der Waals surface area contributed by atoms with Crippen LogP contribution >= 0.6 is 56.6 Å². The van der Waals surface area contributed by atoms with Crippen LogP contribution in [0.5, 0.6) is 0 Å². The van der Waals surface area contributed by atoms with Gasteiger partial charge in [0.1, 0.15) is 8.64 Å². The Kier molecular flexibility index (Phi) is 17.7. The average Bonchev–Trinajstić information content (AvgIpc) is 2.47. The number of nitrogens with one attached hydrogen (secondary N) is 2. The molecule has 0 rings (SSSR count). The topological polar surface area (TPSA) is 128 Å². The zero-order valence-corrected chi connectivity index (χ0v) is 18.5. The lowest BCUT2D eigenvalue weighted by atomic mass is 10.3. The summed E-state index contributed by atoms with van der Waals surface area (Å²) in [4.78, 5) is 28.7. The summed E-state index contributed by atoms with van der Waals surface area (Å²) in [5, 5.41) is 5.97. The van der Waals surface area contributed by atoms with Gasteiger partial charge in [-0.2, -0.15) is 0 Å². The molecule has 148 valence electrons. The highest BCUT2D eigenvalue weighted by molar-refractivity contribution is 8.23. The Morgan fingerprint density at radius 1 is 1.20 bits per heavy atom. The number of nitrogens with zero attached hydrogens (tertiary/aromatic N) is 1. The molecule has 0 bridgehead atoms. The Bertz CT molecular complexity index is 450. The van der Waals surface area contributed by atoms with Crippen LogP contribution in [0.2, 0.25) is 0 Å². The second kappa shape index (κ2) is 16.2. The molecule has 0 aliphatic carbocycles. The van der Waals surface area contributed by atoms with Crippen LogP contribution in [0, 0.1) is 0 Å². The van der Waals surface area contributed by atoms with Crippen molar-refractivity contribution in [1.82, 2.24) is 15.5 Å². The summed E-state index contributed by atoms with van der Waals surface area (Å²) in [7, 11) is -4.14. The van der Waals surface area contributed by atoms with Gasteiger partial charge >= 0.3 is 7.75 Å². The SMILES string of the molecule is CCCN(CCC)C(=O)CSC(=S)NCCNC(=S)S.NP(=O)(O)O. The van der Waals surface area contributed by atoms with E-state index in [0.29, 0.717) is 27.5 Å². The van der Waals surface area contributed by atoms with Crippen LogP contribution in [-0.4, -0.2) is 61.2 Å². The summed E-state index contributed by atoms with van der Waals surface area (Å²) in [5.74, 6) is 0.544. The minimum Gasteiger partial charge on any atom is -0.369 e. The van der Waals surface area contributed by atoms with Gasteiger partial charge in [-0.15, -0.1) is 12.6 Å². The Labute approximate surface area is 169 Å². The number of carbonyl (C=O) groups is 1. The maximum Gasteiger partial charge on any atom is 0.397 e. The van der Waals surface area contributed by atoms with E-state index in [1.807, 2.05) is 4.90 Å². The predicted molar refractivity (Wildman–Crippen MR) is 116 cm³/mol. The minimum atomic E-state index is -4.14. The molecule has 0 radical (unpaired) electrons. The third kappa shape index (κ3) is 24.1. The largest absolute Gasteiger partial charge is 0.397 e. The monoisotopic (exact) mass is 450 g/mol. The fourth-order valence-electron chi connectivity index (χ4n) is 1.50. The molecule has 0 aliphatic rings. The molecule has 0 spiro atoms. The predicted octanol–water partition coefficient (Wildman–Crippen LogP) is 1.08. The smallest absolute Gasteiger partial charge is 0.369 e. The first-order valence-electron chi connectivity index (χ1n) is 7.50. The molecule has 0 aliphatic heterocycles. The molecule has 8 nitrogen and oxygen atoms in total. The molecule has 0 fully saturated rings. The van der Waals surface area contributed by atoms with Gasteiger partial charge in [0.2, 0.25) is 5.91 Å². The number of thiol groups is 1. The first-order valence-corrected chi connectivity index (χ1v) is 11.4. The second-order valence-electron chi connectivity index (χ2n) is 4.70. The van der Waals surface area contributed by atoms with Crippen LogP contribution in [0.1, 0.15) is 26.7 Å². The number of nitrogens with two attached hydrogens (primary N) is 1. The van der Waals surface area contributed by atoms with Crippen molar-refractivity contribution < 1.29 is 19.1 Å². The van der Waals surface area contributed by atoms with E-state index in [1.54, 1.807) is 0 Å². The summed E-state index contributed by atoms with van der Waals surface area (Å²) >= 11 is 15.3. The van der Waals surface area contributed by atoms with Gasteiger partial charge in [-0.05, 0) is 12.8 Å². The summed E-state index contributed by atoms with van der Waals surface area (Å²) in [6.07, 6.45) is 1.96. The maximum atomic E-state index is 12.0. The summed E-state index contributed by atoms with van der Waals surface area (Å²) in [6, 6.07) is 0. The molecule has 6 N–H and O–H groups in total. The highest BCUT2D eigenvalue weighted by Crippen LogP contribution is 2.20. The Balaban J connectivity index is 0. The summed E-state index contributed by atoms with van der Waals surface area (Å²) in [5.41, 5.74) is 4.02. The molecule has 1 amide bonds. The van der Waals surface area contributed by atoms with Crippen molar-refractivity contribution in [3.8, 4) is 0 Å². The number of amides is 1. The molecule has 0 aromatic heterocycles. The molecule has 0 saturated heterocycles. The lowest BCUT2D eigenvalue weighted by Gasteiger charge is -2.21. The van der Waals surface area contributed by atoms with Crippen LogP contribution in [0.4, 0.5) is 0 Å². The molecule has 0 saturated carbocycles. The standard InChI is InChI=1S/C12H23N3OS4.H4NO3P/c1-3-7-15(8-4-2)10(16)9-20-12(19)14-6-5-13-11(17)18;1-5(2,3)4/h3-9H2,1-2H3,(H,14,19)(H2,13,17,18);(H4,1,2,3,4). The molecular weight excluding hydrogens is 423 g/mol. The van der Waals surface area contributed by atoms with Gasteiger partial charge in [0.25, 0.3) is 0 Å². The highest BCUT2D eigenvalue weighted by atomic mass is 32.2. The normalized spacial score (nSPS) is 10.3. The third-order valence-corrected chi connectivity index (χ3v) is 3.94. The van der Waals surface area contributed by atoms with E-state index in [9.17, 15) is 4.79 Å². The van der Waals surface area contributed by atoms with Crippen LogP contribution in [0.15, 0.2) is 0 Å². The van der Waals surface area contributed by atoms with E-state index in [4.69, 9.17) is 38.8 Å². The van der Waals surface area contributed by atoms with Crippen molar-refractivity contribution in [3.63, 3.8) is 0 Å². The van der Waals surface area contributed by atoms with Crippen molar-refractivity contribution in [1.29, 1.82) is 0 Å². The molecule has 25 heavy (non-hydrogen) atoms. The van der Waals surface area contributed by atoms with Crippen LogP contribution in [-0.2, 0) is 9.36 Å². The van der Waals surface area contributed by atoms with E-state index in [2.05, 4.69) is 42.6 Å². The molecule has 0 heterocycles. The van der Waals surface area contributed by atoms with Gasteiger partial charge in [-0.25, -0.2) is 10.1 Å². The fraction of sp³-hybridized carbons (Fsp3) is 0.750. The van der Waals surface area contributed by atoms with Gasteiger partial charge < -0.3 is 25.3 Å². The van der Waals surface area contributed by atoms with E-state index in [0.717, 1.165) is 25.9 Å². The lowest BCUT2D eigenvalue weighted by molar-refractivity contribution is -0.128. The van der Waals surface area contributed by atoms with E-state index in [-0.39, 0.29) is 5.91 Å². The third-order valence-electron chi connectivity index (χ3n) is 2.34. The lowest BCUT2D eigenvalue weighted by Crippen LogP contribution is -2.35. The van der Waals surface area contributed by atoms with Gasteiger partial charge in [0.05, 0.1) is 5.75 Å². The zero-order chi connectivity index (χ0) is 19.9. The van der Waals surface area contributed by atoms with Crippen molar-refractivity contribution in [2.75, 3.05) is 31.9 Å². The minimum absolute atomic E-state index is 0.150. The van der Waals surface area contributed by atoms with Crippen molar-refractivity contribution in [3.05, 3.63) is 0 Å². The van der Waals surface area contributed by atoms with Crippen LogP contribution in [0.25, 0.3) is 0 Å². The Morgan fingerprint density at radius 3 is 2.04 bits per heavy atom. The molecule has 0 unspecified atom stereocenters. The highest BCUT2D eigenvalue weighted by Gasteiger charge is 2.12. The van der Waals surface area contributed by atoms with Gasteiger partial charge in [0.15, 0.2) is 0 Å². The average molecular weight is 451 g/mol. The van der Waals surface area contributed by atoms with E-state index < -0.39 is 7.75 Å². The van der Waals surface area contributed by atoms with Gasteiger partial charge in [0, 0.05) is 26.2 Å². The molecule has 0 atom stereocenters. The molecule has 0 aromatic carbocycles. The van der Waals surface area contributed by atoms with Crippen molar-refractivity contribution in [2.45, 2.75) is 26.7 Å². The number of rotatable bonds is 9. The van der Waals surface area contributed by atoms with Gasteiger partial charge in [-0.3, -0.25) is 4.79 Å². The van der Waals surface area contributed by atoms with Crippen molar-refractivity contribution >= 4 is 71.1 Å². The molecular formula is C12H27N4O4PS4. The van der Waals surface area contributed by atoms with Crippen molar-refractivity contribution in [2.24, 2.45) is 5.50 Å². The first kappa shape index (κ1) is 27.3. The van der Waals surface area contributed by atoms with Crippen LogP contribution < -0.4 is 16.1 Å². The zero-order valence-electron chi connectivity index (χ0n) is 14.3.